The monoisotopic (exact) mass is 416 g/mol. The summed E-state index contributed by atoms with van der Waals surface area (Å²) in [7, 11) is 0. The van der Waals surface area contributed by atoms with Gasteiger partial charge in [-0.05, 0) is 98.7 Å². The molecular weight excluding hydrogens is 372 g/mol. The molecule has 6 fully saturated rings. The molecule has 2 heterocycles. The van der Waals surface area contributed by atoms with Gasteiger partial charge < -0.3 is 14.6 Å². The van der Waals surface area contributed by atoms with Gasteiger partial charge >= 0.3 is 0 Å². The first-order valence-electron chi connectivity index (χ1n) is 13.3. The van der Waals surface area contributed by atoms with Crippen LogP contribution in [0.3, 0.4) is 0 Å². The van der Waals surface area contributed by atoms with Crippen LogP contribution in [0.15, 0.2) is 0 Å². The fourth-order valence-corrected chi connectivity index (χ4v) is 10.1. The van der Waals surface area contributed by atoms with Gasteiger partial charge in [-0.2, -0.15) is 0 Å². The van der Waals surface area contributed by atoms with Gasteiger partial charge in [-0.3, -0.25) is 0 Å². The molecule has 170 valence electrons. The summed E-state index contributed by atoms with van der Waals surface area (Å²) in [5.74, 6) is 5.08. The van der Waals surface area contributed by atoms with E-state index in [1.165, 1.54) is 44.9 Å². The molecule has 0 aromatic carbocycles. The third-order valence-electron chi connectivity index (χ3n) is 12.1. The Bertz CT molecular complexity index is 684. The summed E-state index contributed by atoms with van der Waals surface area (Å²) >= 11 is 0. The van der Waals surface area contributed by atoms with Crippen LogP contribution in [0.5, 0.6) is 0 Å². The van der Waals surface area contributed by atoms with E-state index in [9.17, 15) is 5.11 Å². The first kappa shape index (κ1) is 20.5. The average Bonchev–Trinajstić information content (AvgIpc) is 3.12. The number of aliphatic hydroxyl groups excluding tert-OH is 1. The van der Waals surface area contributed by atoms with Crippen molar-refractivity contribution in [3.8, 4) is 0 Å². The van der Waals surface area contributed by atoms with Gasteiger partial charge in [0.15, 0.2) is 5.79 Å². The number of fused-ring (bicyclic) bond motifs is 7. The molecule has 0 radical (unpaired) electrons. The minimum atomic E-state index is -0.295. The molecule has 0 amide bonds. The van der Waals surface area contributed by atoms with E-state index in [4.69, 9.17) is 9.47 Å². The van der Waals surface area contributed by atoms with Crippen molar-refractivity contribution in [2.24, 2.45) is 52.3 Å². The normalized spacial score (nSPS) is 62.5. The molecule has 1 N–H and O–H groups in total. The lowest BCUT2D eigenvalue weighted by Crippen LogP contribution is -2.53. The molecule has 2 saturated heterocycles. The van der Waals surface area contributed by atoms with Crippen molar-refractivity contribution in [2.45, 2.75) is 110 Å². The predicted molar refractivity (Wildman–Crippen MR) is 118 cm³/mol. The van der Waals surface area contributed by atoms with E-state index in [0.717, 1.165) is 55.5 Å². The molecule has 4 saturated carbocycles. The zero-order valence-electron chi connectivity index (χ0n) is 19.7. The lowest BCUT2D eigenvalue weighted by atomic mass is 9.46. The smallest absolute Gasteiger partial charge is 0.171 e. The SMILES string of the molecule is C[C@H]1CC[C@]2(OC1)O[C@H]1C[C@@H]3[C@@H]4CC[C@H]5C[C@H](O)CC[C@]5(C)[C@H]4CC[C@H]3[C@]1(C)[C@H]2C. The highest BCUT2D eigenvalue weighted by Gasteiger charge is 2.70. The van der Waals surface area contributed by atoms with E-state index in [1.54, 1.807) is 0 Å². The van der Waals surface area contributed by atoms with Crippen molar-refractivity contribution >= 4 is 0 Å². The zero-order chi connectivity index (χ0) is 20.9. The van der Waals surface area contributed by atoms with Crippen molar-refractivity contribution in [3.05, 3.63) is 0 Å². The summed E-state index contributed by atoms with van der Waals surface area (Å²) in [5, 5.41) is 10.3. The summed E-state index contributed by atoms with van der Waals surface area (Å²) in [6, 6.07) is 0. The minimum Gasteiger partial charge on any atom is -0.393 e. The Morgan fingerprint density at radius 1 is 0.833 bits per heavy atom. The lowest BCUT2D eigenvalue weighted by molar-refractivity contribution is -0.272. The standard InChI is InChI=1S/C27H44O3/c1-16-9-12-27(29-15-16)17(2)26(4)23-8-7-22-20(21(23)14-24(26)30-27)6-5-18-13-19(28)10-11-25(18,22)3/h16-24,28H,5-15H2,1-4H3/t16-,17+,18-,19+,20-,21+,22-,23+,24-,25-,26-,27-/m0/s1. The molecule has 0 aromatic rings. The van der Waals surface area contributed by atoms with Crippen LogP contribution >= 0.6 is 0 Å². The summed E-state index contributed by atoms with van der Waals surface area (Å²) < 4.78 is 13.4. The third kappa shape index (κ3) is 2.55. The molecule has 2 aliphatic heterocycles. The van der Waals surface area contributed by atoms with E-state index < -0.39 is 0 Å². The molecule has 4 aliphatic carbocycles. The second-order valence-corrected chi connectivity index (χ2v) is 13.0. The highest BCUT2D eigenvalue weighted by atomic mass is 16.7. The van der Waals surface area contributed by atoms with Crippen LogP contribution in [0.1, 0.15) is 91.9 Å². The lowest BCUT2D eigenvalue weighted by Gasteiger charge is -2.59. The van der Waals surface area contributed by atoms with Gasteiger partial charge in [0.2, 0.25) is 0 Å². The number of ether oxygens (including phenoxy) is 2. The van der Waals surface area contributed by atoms with Crippen LogP contribution in [0.2, 0.25) is 0 Å². The molecule has 30 heavy (non-hydrogen) atoms. The Balaban J connectivity index is 1.26. The molecule has 0 unspecified atom stereocenters. The Kier molecular flexibility index (Phi) is 4.58. The van der Waals surface area contributed by atoms with Crippen molar-refractivity contribution in [2.75, 3.05) is 6.61 Å². The Morgan fingerprint density at radius 3 is 2.40 bits per heavy atom. The average molecular weight is 417 g/mol. The maximum absolute atomic E-state index is 10.3. The van der Waals surface area contributed by atoms with Gasteiger partial charge in [-0.15, -0.1) is 0 Å². The number of rotatable bonds is 0. The van der Waals surface area contributed by atoms with E-state index in [-0.39, 0.29) is 17.3 Å². The van der Waals surface area contributed by atoms with Gasteiger partial charge in [0.05, 0.1) is 18.8 Å². The van der Waals surface area contributed by atoms with E-state index in [2.05, 4.69) is 27.7 Å². The molecule has 1 spiro atoms. The Hall–Kier alpha value is -0.120. The first-order valence-corrected chi connectivity index (χ1v) is 13.3. The largest absolute Gasteiger partial charge is 0.393 e. The van der Waals surface area contributed by atoms with E-state index >= 15 is 0 Å². The summed E-state index contributed by atoms with van der Waals surface area (Å²) in [4.78, 5) is 0. The minimum absolute atomic E-state index is 0.0376. The number of aliphatic hydroxyl groups is 1. The Labute approximate surface area is 183 Å². The zero-order valence-corrected chi connectivity index (χ0v) is 19.7. The molecule has 0 aromatic heterocycles. The fraction of sp³-hybridized carbons (Fsp3) is 1.00. The molecule has 0 bridgehead atoms. The maximum atomic E-state index is 10.3. The van der Waals surface area contributed by atoms with Crippen LogP contribution in [-0.4, -0.2) is 29.7 Å². The second kappa shape index (κ2) is 6.70. The number of hydrogen-bond acceptors (Lipinski definition) is 3. The molecule has 6 aliphatic rings. The van der Waals surface area contributed by atoms with Gasteiger partial charge in [0.25, 0.3) is 0 Å². The topological polar surface area (TPSA) is 38.7 Å². The quantitative estimate of drug-likeness (QED) is 0.543. The fourth-order valence-electron chi connectivity index (χ4n) is 10.1. The van der Waals surface area contributed by atoms with Gasteiger partial charge in [-0.1, -0.05) is 27.7 Å². The van der Waals surface area contributed by atoms with Crippen molar-refractivity contribution in [3.63, 3.8) is 0 Å². The Morgan fingerprint density at radius 2 is 1.63 bits per heavy atom. The van der Waals surface area contributed by atoms with Crippen molar-refractivity contribution in [1.29, 1.82) is 0 Å². The third-order valence-corrected chi connectivity index (χ3v) is 12.1. The van der Waals surface area contributed by atoms with Gasteiger partial charge in [0.1, 0.15) is 0 Å². The van der Waals surface area contributed by atoms with Gasteiger partial charge in [0, 0.05) is 17.8 Å². The first-order chi connectivity index (χ1) is 14.3. The van der Waals surface area contributed by atoms with Crippen LogP contribution in [0.4, 0.5) is 0 Å². The predicted octanol–water partition coefficient (Wildman–Crippen LogP) is 5.79. The molecule has 12 atom stereocenters. The number of hydrogen-bond donors (Lipinski definition) is 1. The summed E-state index contributed by atoms with van der Waals surface area (Å²) in [6.07, 6.45) is 12.9. The van der Waals surface area contributed by atoms with E-state index in [1.807, 2.05) is 0 Å². The van der Waals surface area contributed by atoms with Crippen LogP contribution in [0, 0.1) is 52.3 Å². The molecular formula is C27H44O3. The highest BCUT2D eigenvalue weighted by molar-refractivity contribution is 5.15. The van der Waals surface area contributed by atoms with Crippen molar-refractivity contribution in [1.82, 2.24) is 0 Å². The van der Waals surface area contributed by atoms with Crippen molar-refractivity contribution < 1.29 is 14.6 Å². The van der Waals surface area contributed by atoms with E-state index in [0.29, 0.717) is 23.4 Å². The molecule has 3 nitrogen and oxygen atoms in total. The van der Waals surface area contributed by atoms with Crippen LogP contribution in [-0.2, 0) is 9.47 Å². The maximum Gasteiger partial charge on any atom is 0.171 e. The summed E-state index contributed by atoms with van der Waals surface area (Å²) in [6.45, 7) is 10.8. The van der Waals surface area contributed by atoms with Crippen LogP contribution in [0.25, 0.3) is 0 Å². The van der Waals surface area contributed by atoms with Gasteiger partial charge in [-0.25, -0.2) is 0 Å². The highest BCUT2D eigenvalue weighted by Crippen LogP contribution is 2.71. The molecule has 3 heteroatoms. The molecule has 6 rings (SSSR count). The van der Waals surface area contributed by atoms with Crippen LogP contribution < -0.4 is 0 Å². The second-order valence-electron chi connectivity index (χ2n) is 13.0. The summed E-state index contributed by atoms with van der Waals surface area (Å²) in [5.41, 5.74) is 0.763.